The van der Waals surface area contributed by atoms with Gasteiger partial charge in [0.15, 0.2) is 0 Å². The predicted molar refractivity (Wildman–Crippen MR) is 80.6 cm³/mol. The van der Waals surface area contributed by atoms with Gasteiger partial charge in [-0.05, 0) is 30.0 Å². The third kappa shape index (κ3) is 4.87. The highest BCUT2D eigenvalue weighted by Gasteiger charge is 2.14. The van der Waals surface area contributed by atoms with Crippen molar-refractivity contribution in [1.82, 2.24) is 5.32 Å². The number of hydrogen-bond donors (Lipinski definition) is 1. The largest absolute Gasteiger partial charge is 0.497 e. The smallest absolute Gasteiger partial charge is 0.220 e. The van der Waals surface area contributed by atoms with Gasteiger partial charge in [0.05, 0.1) is 7.11 Å². The Morgan fingerprint density at radius 3 is 2.55 bits per heavy atom. The van der Waals surface area contributed by atoms with Crippen LogP contribution in [0, 0.1) is 5.92 Å². The number of ether oxygens (including phenoxy) is 1. The molecule has 20 heavy (non-hydrogen) atoms. The molecule has 0 heterocycles. The van der Waals surface area contributed by atoms with Gasteiger partial charge in [-0.15, -0.1) is 0 Å². The van der Waals surface area contributed by atoms with Crippen LogP contribution in [0.2, 0.25) is 0 Å². The van der Waals surface area contributed by atoms with E-state index in [1.54, 1.807) is 7.11 Å². The Morgan fingerprint density at radius 2 is 1.90 bits per heavy atom. The Hall–Kier alpha value is -1.51. The summed E-state index contributed by atoms with van der Waals surface area (Å²) in [5.41, 5.74) is 1.11. The number of rotatable bonds is 6. The number of nitrogens with one attached hydrogen (secondary N) is 1. The van der Waals surface area contributed by atoms with E-state index < -0.39 is 0 Å². The van der Waals surface area contributed by atoms with Crippen molar-refractivity contribution in [3.05, 3.63) is 29.8 Å². The summed E-state index contributed by atoms with van der Waals surface area (Å²) in [4.78, 5) is 11.8. The van der Waals surface area contributed by atoms with Crippen LogP contribution in [0.1, 0.15) is 50.5 Å². The fourth-order valence-corrected chi connectivity index (χ4v) is 2.84. The summed E-state index contributed by atoms with van der Waals surface area (Å²) in [7, 11) is 1.65. The van der Waals surface area contributed by atoms with Gasteiger partial charge >= 0.3 is 0 Å². The summed E-state index contributed by atoms with van der Waals surface area (Å²) in [6.45, 7) is 0.605. The van der Waals surface area contributed by atoms with E-state index in [1.165, 1.54) is 32.1 Å². The minimum Gasteiger partial charge on any atom is -0.497 e. The van der Waals surface area contributed by atoms with Crippen molar-refractivity contribution in [2.75, 3.05) is 7.11 Å². The number of amides is 1. The van der Waals surface area contributed by atoms with E-state index in [-0.39, 0.29) is 5.91 Å². The van der Waals surface area contributed by atoms with Crippen molar-refractivity contribution in [2.45, 2.75) is 51.5 Å². The zero-order chi connectivity index (χ0) is 14.2. The quantitative estimate of drug-likeness (QED) is 0.860. The SMILES string of the molecule is COc1ccc(CNC(=O)CCC2CCCCC2)cc1. The van der Waals surface area contributed by atoms with E-state index in [1.807, 2.05) is 24.3 Å². The highest BCUT2D eigenvalue weighted by molar-refractivity contribution is 5.75. The number of methoxy groups -OCH3 is 1. The monoisotopic (exact) mass is 275 g/mol. The van der Waals surface area contributed by atoms with E-state index in [9.17, 15) is 4.79 Å². The van der Waals surface area contributed by atoms with E-state index in [0.29, 0.717) is 13.0 Å². The second-order valence-electron chi connectivity index (χ2n) is 5.67. The van der Waals surface area contributed by atoms with Crippen LogP contribution in [-0.4, -0.2) is 13.0 Å². The van der Waals surface area contributed by atoms with Gasteiger partial charge in [0, 0.05) is 13.0 Å². The molecule has 1 aliphatic rings. The molecule has 2 rings (SSSR count). The van der Waals surface area contributed by atoms with Crippen LogP contribution < -0.4 is 10.1 Å². The summed E-state index contributed by atoms with van der Waals surface area (Å²) in [6, 6.07) is 7.81. The van der Waals surface area contributed by atoms with Crippen molar-refractivity contribution >= 4 is 5.91 Å². The molecule has 1 aliphatic carbocycles. The number of benzene rings is 1. The van der Waals surface area contributed by atoms with Gasteiger partial charge in [-0.1, -0.05) is 44.2 Å². The lowest BCUT2D eigenvalue weighted by molar-refractivity contribution is -0.121. The summed E-state index contributed by atoms with van der Waals surface area (Å²) >= 11 is 0. The fourth-order valence-electron chi connectivity index (χ4n) is 2.84. The first-order chi connectivity index (χ1) is 9.78. The third-order valence-electron chi connectivity index (χ3n) is 4.15. The molecule has 1 fully saturated rings. The number of hydrogen-bond acceptors (Lipinski definition) is 2. The van der Waals surface area contributed by atoms with Crippen molar-refractivity contribution in [3.63, 3.8) is 0 Å². The Morgan fingerprint density at radius 1 is 1.20 bits per heavy atom. The third-order valence-corrected chi connectivity index (χ3v) is 4.15. The second-order valence-corrected chi connectivity index (χ2v) is 5.67. The van der Waals surface area contributed by atoms with E-state index in [0.717, 1.165) is 23.7 Å². The lowest BCUT2D eigenvalue weighted by Gasteiger charge is -2.20. The molecule has 1 amide bonds. The lowest BCUT2D eigenvalue weighted by Crippen LogP contribution is -2.23. The molecule has 1 aromatic carbocycles. The van der Waals surface area contributed by atoms with Gasteiger partial charge in [0.1, 0.15) is 5.75 Å². The lowest BCUT2D eigenvalue weighted by atomic mass is 9.86. The summed E-state index contributed by atoms with van der Waals surface area (Å²) < 4.78 is 5.11. The van der Waals surface area contributed by atoms with Crippen molar-refractivity contribution in [3.8, 4) is 5.75 Å². The molecular weight excluding hydrogens is 250 g/mol. The maximum absolute atomic E-state index is 11.8. The minimum absolute atomic E-state index is 0.173. The normalized spacial score (nSPS) is 15.8. The molecule has 1 aromatic rings. The second kappa shape index (κ2) is 7.93. The van der Waals surface area contributed by atoms with Crippen LogP contribution in [0.25, 0.3) is 0 Å². The molecule has 0 aliphatic heterocycles. The highest BCUT2D eigenvalue weighted by Crippen LogP contribution is 2.27. The predicted octanol–water partition coefficient (Wildman–Crippen LogP) is 3.67. The van der Waals surface area contributed by atoms with Crippen LogP contribution in [0.15, 0.2) is 24.3 Å². The Labute approximate surface area is 121 Å². The average molecular weight is 275 g/mol. The van der Waals surface area contributed by atoms with Crippen LogP contribution in [0.3, 0.4) is 0 Å². The first-order valence-electron chi connectivity index (χ1n) is 7.67. The molecule has 3 heteroatoms. The van der Waals surface area contributed by atoms with Crippen molar-refractivity contribution < 1.29 is 9.53 Å². The van der Waals surface area contributed by atoms with Gasteiger partial charge in [-0.2, -0.15) is 0 Å². The minimum atomic E-state index is 0.173. The molecule has 1 saturated carbocycles. The van der Waals surface area contributed by atoms with Gasteiger partial charge in [-0.25, -0.2) is 0 Å². The van der Waals surface area contributed by atoms with E-state index >= 15 is 0 Å². The molecular formula is C17H25NO2. The molecule has 1 N–H and O–H groups in total. The maximum atomic E-state index is 11.8. The summed E-state index contributed by atoms with van der Waals surface area (Å²) in [5, 5.41) is 3.00. The van der Waals surface area contributed by atoms with Gasteiger partial charge in [-0.3, -0.25) is 4.79 Å². The van der Waals surface area contributed by atoms with E-state index in [4.69, 9.17) is 4.74 Å². The standard InChI is InChI=1S/C17H25NO2/c1-20-16-10-7-15(8-11-16)13-18-17(19)12-9-14-5-3-2-4-6-14/h7-8,10-11,14H,2-6,9,12-13H2,1H3,(H,18,19). The zero-order valence-corrected chi connectivity index (χ0v) is 12.4. The fraction of sp³-hybridized carbons (Fsp3) is 0.588. The molecule has 0 bridgehead atoms. The Balaban J connectivity index is 1.66. The maximum Gasteiger partial charge on any atom is 0.220 e. The van der Waals surface area contributed by atoms with Crippen LogP contribution in [-0.2, 0) is 11.3 Å². The molecule has 0 spiro atoms. The highest BCUT2D eigenvalue weighted by atomic mass is 16.5. The molecule has 0 atom stereocenters. The molecule has 0 aromatic heterocycles. The summed E-state index contributed by atoms with van der Waals surface area (Å²) in [5.74, 6) is 1.79. The van der Waals surface area contributed by atoms with Gasteiger partial charge in [0.2, 0.25) is 5.91 Å². The van der Waals surface area contributed by atoms with Crippen LogP contribution >= 0.6 is 0 Å². The van der Waals surface area contributed by atoms with Crippen molar-refractivity contribution in [2.24, 2.45) is 5.92 Å². The Bertz CT molecular complexity index is 408. The zero-order valence-electron chi connectivity index (χ0n) is 12.4. The molecule has 0 saturated heterocycles. The first-order valence-corrected chi connectivity index (χ1v) is 7.67. The molecule has 3 nitrogen and oxygen atoms in total. The number of carbonyl (C=O) groups excluding carboxylic acids is 1. The molecule has 0 radical (unpaired) electrons. The molecule has 0 unspecified atom stereocenters. The summed E-state index contributed by atoms with van der Waals surface area (Å²) in [6.07, 6.45) is 8.41. The van der Waals surface area contributed by atoms with Crippen LogP contribution in [0.4, 0.5) is 0 Å². The van der Waals surface area contributed by atoms with Gasteiger partial charge in [0.25, 0.3) is 0 Å². The van der Waals surface area contributed by atoms with Gasteiger partial charge < -0.3 is 10.1 Å². The first kappa shape index (κ1) is 14.9. The number of carbonyl (C=O) groups is 1. The molecule has 110 valence electrons. The average Bonchev–Trinajstić information content (AvgIpc) is 2.52. The van der Waals surface area contributed by atoms with E-state index in [2.05, 4.69) is 5.32 Å². The van der Waals surface area contributed by atoms with Crippen molar-refractivity contribution in [1.29, 1.82) is 0 Å². The Kier molecular flexibility index (Phi) is 5.90. The topological polar surface area (TPSA) is 38.3 Å². The van der Waals surface area contributed by atoms with Crippen LogP contribution in [0.5, 0.6) is 5.75 Å².